The maximum absolute atomic E-state index is 14.2. The van der Waals surface area contributed by atoms with E-state index in [4.69, 9.17) is 4.74 Å². The van der Waals surface area contributed by atoms with Crippen LogP contribution < -0.4 is 0 Å². The highest BCUT2D eigenvalue weighted by Gasteiger charge is 2.91. The number of aliphatic hydroxyl groups excluding tert-OH is 1. The molecule has 9 atom stereocenters. The highest BCUT2D eigenvalue weighted by Crippen LogP contribution is 2.86. The summed E-state index contributed by atoms with van der Waals surface area (Å²) in [5.41, 5.74) is -1.17. The normalized spacial score (nSPS) is 51.3. The standard InChI is InChI=1S/C30H44O5/c1-18(24(33)34)9-8-10-19(2)27(6)17-23-30(35-23)28(27,7)15-13-22(32)29(30)16-11-20-25(3,4)21(31)12-14-26(20,29)5/h8-10,19-21,23,31H,11-17H2,1-7H3,(H,33,34). The Kier molecular flexibility index (Phi) is 5.26. The second-order valence-corrected chi connectivity index (χ2v) is 13.8. The Bertz CT molecular complexity index is 1030. The molecule has 0 aromatic rings. The molecule has 1 aliphatic heterocycles. The summed E-state index contributed by atoms with van der Waals surface area (Å²) in [7, 11) is 0. The Balaban J connectivity index is 1.56. The first-order valence-corrected chi connectivity index (χ1v) is 13.6. The van der Waals surface area contributed by atoms with Gasteiger partial charge in [0, 0.05) is 17.4 Å². The highest BCUT2D eigenvalue weighted by atomic mass is 16.6. The van der Waals surface area contributed by atoms with E-state index in [1.54, 1.807) is 13.0 Å². The maximum Gasteiger partial charge on any atom is 0.331 e. The third-order valence-electron chi connectivity index (χ3n) is 12.7. The number of fused-ring (bicyclic) bond motifs is 2. The second-order valence-electron chi connectivity index (χ2n) is 13.8. The van der Waals surface area contributed by atoms with E-state index in [-0.39, 0.29) is 39.8 Å². The number of carbonyl (C=O) groups is 2. The second kappa shape index (κ2) is 7.31. The number of ketones is 1. The largest absolute Gasteiger partial charge is 0.478 e. The van der Waals surface area contributed by atoms with Gasteiger partial charge >= 0.3 is 5.97 Å². The van der Waals surface area contributed by atoms with Crippen LogP contribution in [0.4, 0.5) is 0 Å². The molecule has 0 aromatic carbocycles. The van der Waals surface area contributed by atoms with E-state index >= 15 is 0 Å². The Hall–Kier alpha value is -1.46. The van der Waals surface area contributed by atoms with Crippen molar-refractivity contribution in [3.63, 3.8) is 0 Å². The number of aliphatic hydroxyl groups is 1. The molecule has 35 heavy (non-hydrogen) atoms. The van der Waals surface area contributed by atoms with Crippen LogP contribution >= 0.6 is 0 Å². The summed E-state index contributed by atoms with van der Waals surface area (Å²) in [4.78, 5) is 25.4. The topological polar surface area (TPSA) is 87.1 Å². The first-order chi connectivity index (χ1) is 16.2. The number of hydrogen-bond donors (Lipinski definition) is 2. The lowest BCUT2D eigenvalue weighted by Crippen LogP contribution is -2.67. The number of carboxylic acids is 1. The molecule has 5 rings (SSSR count). The van der Waals surface area contributed by atoms with Crippen LogP contribution in [-0.4, -0.2) is 39.8 Å². The van der Waals surface area contributed by atoms with E-state index in [1.807, 2.05) is 6.08 Å². The molecule has 4 aliphatic carbocycles. The average Bonchev–Trinajstić information content (AvgIpc) is 3.33. The fourth-order valence-corrected chi connectivity index (χ4v) is 10.3. The smallest absolute Gasteiger partial charge is 0.331 e. The van der Waals surface area contributed by atoms with Gasteiger partial charge in [0.2, 0.25) is 0 Å². The van der Waals surface area contributed by atoms with Crippen LogP contribution in [-0.2, 0) is 14.3 Å². The van der Waals surface area contributed by atoms with E-state index in [1.165, 1.54) is 0 Å². The van der Waals surface area contributed by atoms with Gasteiger partial charge in [0.25, 0.3) is 0 Å². The number of carboxylic acid groups (broad SMARTS) is 1. The Morgan fingerprint density at radius 1 is 1.11 bits per heavy atom. The number of carbonyl (C=O) groups excluding carboxylic acids is 1. The number of allylic oxidation sites excluding steroid dienone is 3. The summed E-state index contributed by atoms with van der Waals surface area (Å²) in [6, 6.07) is 0. The van der Waals surface area contributed by atoms with Crippen molar-refractivity contribution in [3.8, 4) is 0 Å². The van der Waals surface area contributed by atoms with Gasteiger partial charge in [0.15, 0.2) is 0 Å². The van der Waals surface area contributed by atoms with Crippen molar-refractivity contribution in [1.29, 1.82) is 0 Å². The third kappa shape index (κ3) is 2.67. The lowest BCUT2D eigenvalue weighted by molar-refractivity contribution is -0.195. The molecule has 4 saturated carbocycles. The van der Waals surface area contributed by atoms with Gasteiger partial charge in [-0.2, -0.15) is 0 Å². The van der Waals surface area contributed by atoms with Crippen molar-refractivity contribution in [2.24, 2.45) is 38.9 Å². The molecule has 0 amide bonds. The summed E-state index contributed by atoms with van der Waals surface area (Å²) >= 11 is 0. The van der Waals surface area contributed by atoms with Crippen LogP contribution in [0.5, 0.6) is 0 Å². The summed E-state index contributed by atoms with van der Waals surface area (Å²) < 4.78 is 6.79. The van der Waals surface area contributed by atoms with Crippen molar-refractivity contribution in [2.75, 3.05) is 0 Å². The van der Waals surface area contributed by atoms with Crippen molar-refractivity contribution < 1.29 is 24.5 Å². The lowest BCUT2D eigenvalue weighted by atomic mass is 9.40. The minimum absolute atomic E-state index is 0.0524. The molecule has 5 nitrogen and oxygen atoms in total. The van der Waals surface area contributed by atoms with Crippen molar-refractivity contribution in [2.45, 2.75) is 111 Å². The zero-order valence-electron chi connectivity index (χ0n) is 22.6. The lowest BCUT2D eigenvalue weighted by Gasteiger charge is -2.63. The van der Waals surface area contributed by atoms with Gasteiger partial charge in [-0.1, -0.05) is 59.8 Å². The quantitative estimate of drug-likeness (QED) is 0.303. The molecule has 194 valence electrons. The van der Waals surface area contributed by atoms with E-state index in [0.29, 0.717) is 23.7 Å². The van der Waals surface area contributed by atoms with Crippen LogP contribution in [0.2, 0.25) is 0 Å². The van der Waals surface area contributed by atoms with E-state index in [2.05, 4.69) is 47.6 Å². The number of aliphatic carboxylic acids is 1. The molecule has 9 unspecified atom stereocenters. The van der Waals surface area contributed by atoms with Gasteiger partial charge in [-0.15, -0.1) is 0 Å². The molecule has 5 aliphatic rings. The Labute approximate surface area is 210 Å². The molecule has 2 spiro atoms. The number of hydrogen-bond acceptors (Lipinski definition) is 4. The molecule has 1 saturated heterocycles. The summed E-state index contributed by atoms with van der Waals surface area (Å²) in [5.74, 6) is 0.0328. The Morgan fingerprint density at radius 3 is 2.46 bits per heavy atom. The molecule has 5 heteroatoms. The molecular formula is C30H44O5. The summed E-state index contributed by atoms with van der Waals surface area (Å²) in [6.07, 6.45) is 11.3. The third-order valence-corrected chi connectivity index (χ3v) is 12.7. The van der Waals surface area contributed by atoms with Gasteiger partial charge in [-0.25, -0.2) is 4.79 Å². The summed E-state index contributed by atoms with van der Waals surface area (Å²) in [5, 5.41) is 20.1. The van der Waals surface area contributed by atoms with Crippen molar-refractivity contribution in [3.05, 3.63) is 23.8 Å². The zero-order chi connectivity index (χ0) is 25.8. The van der Waals surface area contributed by atoms with Crippen LogP contribution in [0.3, 0.4) is 0 Å². The molecule has 0 radical (unpaired) electrons. The Morgan fingerprint density at radius 2 is 1.80 bits per heavy atom. The first kappa shape index (κ1) is 25.2. The summed E-state index contributed by atoms with van der Waals surface area (Å²) in [6.45, 7) is 15.4. The monoisotopic (exact) mass is 484 g/mol. The average molecular weight is 485 g/mol. The predicted octanol–water partition coefficient (Wildman–Crippen LogP) is 5.71. The van der Waals surface area contributed by atoms with Crippen LogP contribution in [0.25, 0.3) is 0 Å². The number of rotatable bonds is 4. The van der Waals surface area contributed by atoms with Crippen LogP contribution in [0.15, 0.2) is 23.8 Å². The first-order valence-electron chi connectivity index (χ1n) is 13.6. The van der Waals surface area contributed by atoms with E-state index < -0.39 is 17.0 Å². The molecular weight excluding hydrogens is 440 g/mol. The minimum atomic E-state index is -0.896. The number of Topliss-reactive ketones (excluding diaryl/α,β-unsaturated/α-hetero) is 1. The SMILES string of the molecule is CC(=CC=CC(C)C1(C)CC2OC23C1(C)CCC(=O)C31CCC2C(C)(C)C(O)CCC21C)C(=O)O. The molecule has 5 fully saturated rings. The van der Waals surface area contributed by atoms with Gasteiger partial charge in [-0.05, 0) is 73.5 Å². The van der Waals surface area contributed by atoms with E-state index in [9.17, 15) is 19.8 Å². The fourth-order valence-electron chi connectivity index (χ4n) is 10.3. The zero-order valence-corrected chi connectivity index (χ0v) is 22.6. The van der Waals surface area contributed by atoms with Crippen LogP contribution in [0, 0.1) is 38.9 Å². The number of epoxide rings is 1. The number of ether oxygens (including phenoxy) is 1. The molecule has 0 aromatic heterocycles. The van der Waals surface area contributed by atoms with Gasteiger partial charge < -0.3 is 14.9 Å². The van der Waals surface area contributed by atoms with Gasteiger partial charge in [0.05, 0.1) is 17.6 Å². The fraction of sp³-hybridized carbons (Fsp3) is 0.800. The van der Waals surface area contributed by atoms with Crippen LogP contribution in [0.1, 0.15) is 93.4 Å². The van der Waals surface area contributed by atoms with Gasteiger partial charge in [-0.3, -0.25) is 4.79 Å². The minimum Gasteiger partial charge on any atom is -0.478 e. The molecule has 1 heterocycles. The predicted molar refractivity (Wildman–Crippen MR) is 135 cm³/mol. The molecule has 2 N–H and O–H groups in total. The van der Waals surface area contributed by atoms with Gasteiger partial charge in [0.1, 0.15) is 11.4 Å². The highest BCUT2D eigenvalue weighted by molar-refractivity contribution is 5.90. The van der Waals surface area contributed by atoms with Crippen molar-refractivity contribution in [1.82, 2.24) is 0 Å². The van der Waals surface area contributed by atoms with Crippen molar-refractivity contribution >= 4 is 11.8 Å². The van der Waals surface area contributed by atoms with E-state index in [0.717, 1.165) is 38.5 Å². The maximum atomic E-state index is 14.2. The molecule has 0 bridgehead atoms.